The summed E-state index contributed by atoms with van der Waals surface area (Å²) in [7, 11) is 0. The molecule has 2 heterocycles. The number of H-pyrrole nitrogens is 1. The highest BCUT2D eigenvalue weighted by molar-refractivity contribution is 9.10. The fraction of sp³-hybridized carbons (Fsp3) is 0.0645. The minimum Gasteiger partial charge on any atom is -0.305 e. The standard InChI is InChI=1S/C31H23BrN4O2/c1-19-15-25-27(16-20(19)2)35(30(37)29(33-25)22-11-8-12-23(32)17-22)18-28(21-9-4-3-5-10-21)36-26-14-7-6-13-24(26)34-31(36)38/h3-18H,1-2H3,(H,34,38)/b28-18-. The molecule has 1 N–H and O–H groups in total. The van der Waals surface area contributed by atoms with Gasteiger partial charge in [0.1, 0.15) is 5.69 Å². The number of aryl methyl sites for hydroxylation is 2. The zero-order valence-electron chi connectivity index (χ0n) is 20.8. The third-order valence-corrected chi connectivity index (χ3v) is 7.25. The highest BCUT2D eigenvalue weighted by atomic mass is 79.9. The number of rotatable bonds is 4. The molecule has 0 aliphatic carbocycles. The molecule has 0 aliphatic heterocycles. The molecule has 7 heteroatoms. The first-order chi connectivity index (χ1) is 18.4. The van der Waals surface area contributed by atoms with Gasteiger partial charge in [0, 0.05) is 21.8 Å². The Labute approximate surface area is 226 Å². The molecule has 0 aliphatic rings. The lowest BCUT2D eigenvalue weighted by molar-refractivity contribution is 1.02. The summed E-state index contributed by atoms with van der Waals surface area (Å²) >= 11 is 3.51. The van der Waals surface area contributed by atoms with Crippen LogP contribution >= 0.6 is 15.9 Å². The maximum Gasteiger partial charge on any atom is 0.331 e. The number of nitrogens with one attached hydrogen (secondary N) is 1. The van der Waals surface area contributed by atoms with Gasteiger partial charge in [0.25, 0.3) is 5.56 Å². The summed E-state index contributed by atoms with van der Waals surface area (Å²) in [6, 6.07) is 28.6. The molecule has 0 unspecified atom stereocenters. The number of halogens is 1. The van der Waals surface area contributed by atoms with Gasteiger partial charge < -0.3 is 4.98 Å². The zero-order valence-corrected chi connectivity index (χ0v) is 22.4. The van der Waals surface area contributed by atoms with E-state index in [1.54, 1.807) is 15.3 Å². The lowest BCUT2D eigenvalue weighted by Crippen LogP contribution is -2.23. The van der Waals surface area contributed by atoms with E-state index in [0.717, 1.165) is 26.7 Å². The number of aromatic amines is 1. The Hall–Kier alpha value is -4.49. The number of para-hydroxylation sites is 2. The Balaban J connectivity index is 1.75. The SMILES string of the molecule is Cc1cc2nc(-c3cccc(Br)c3)c(=O)n(/C=C(/c3ccccc3)n3c(=O)[nH]c4ccccc43)c2cc1C. The van der Waals surface area contributed by atoms with Crippen LogP contribution in [0.4, 0.5) is 0 Å². The van der Waals surface area contributed by atoms with E-state index < -0.39 is 0 Å². The summed E-state index contributed by atoms with van der Waals surface area (Å²) in [5.74, 6) is 0. The lowest BCUT2D eigenvalue weighted by Gasteiger charge is -2.15. The summed E-state index contributed by atoms with van der Waals surface area (Å²) in [4.78, 5) is 35.1. The van der Waals surface area contributed by atoms with Crippen molar-refractivity contribution in [2.24, 2.45) is 0 Å². The van der Waals surface area contributed by atoms with E-state index in [1.165, 1.54) is 0 Å². The van der Waals surface area contributed by atoms with Gasteiger partial charge >= 0.3 is 5.69 Å². The summed E-state index contributed by atoms with van der Waals surface area (Å²) in [5.41, 5.74) is 6.75. The number of imidazole rings is 1. The van der Waals surface area contributed by atoms with Gasteiger partial charge in [0.05, 0.1) is 27.8 Å². The van der Waals surface area contributed by atoms with E-state index >= 15 is 0 Å². The van der Waals surface area contributed by atoms with Gasteiger partial charge in [-0.3, -0.25) is 13.9 Å². The Kier molecular flexibility index (Phi) is 5.93. The first-order valence-electron chi connectivity index (χ1n) is 12.2. The number of fused-ring (bicyclic) bond motifs is 2. The quantitative estimate of drug-likeness (QED) is 0.263. The number of hydrogen-bond acceptors (Lipinski definition) is 3. The lowest BCUT2D eigenvalue weighted by atomic mass is 10.1. The summed E-state index contributed by atoms with van der Waals surface area (Å²) in [6.45, 7) is 4.04. The fourth-order valence-corrected chi connectivity index (χ4v) is 5.10. The minimum absolute atomic E-state index is 0.278. The number of aromatic nitrogens is 4. The molecule has 0 spiro atoms. The molecule has 4 aromatic carbocycles. The predicted octanol–water partition coefficient (Wildman–Crippen LogP) is 6.59. The Morgan fingerprint density at radius 1 is 0.842 bits per heavy atom. The van der Waals surface area contributed by atoms with E-state index in [1.807, 2.05) is 105 Å². The maximum atomic E-state index is 14.1. The molecule has 0 fully saturated rings. The number of benzene rings is 4. The molecule has 0 saturated heterocycles. The predicted molar refractivity (Wildman–Crippen MR) is 157 cm³/mol. The third kappa shape index (κ3) is 4.11. The molecule has 6 aromatic rings. The summed E-state index contributed by atoms with van der Waals surface area (Å²) in [6.07, 6.45) is 1.75. The number of nitrogens with zero attached hydrogens (tertiary/aromatic N) is 3. The Bertz CT molecular complexity index is 2000. The summed E-state index contributed by atoms with van der Waals surface area (Å²) in [5, 5.41) is 0. The van der Waals surface area contributed by atoms with Crippen molar-refractivity contribution < 1.29 is 0 Å². The molecule has 2 aromatic heterocycles. The molecular formula is C31H23BrN4O2. The average Bonchev–Trinajstić information content (AvgIpc) is 3.25. The van der Waals surface area contributed by atoms with Crippen molar-refractivity contribution in [2.75, 3.05) is 0 Å². The largest absolute Gasteiger partial charge is 0.331 e. The van der Waals surface area contributed by atoms with Crippen molar-refractivity contribution in [3.8, 4) is 11.3 Å². The van der Waals surface area contributed by atoms with Gasteiger partial charge in [0.15, 0.2) is 0 Å². The molecule has 0 radical (unpaired) electrons. The van der Waals surface area contributed by atoms with Crippen LogP contribution in [0.3, 0.4) is 0 Å². The molecule has 6 nitrogen and oxygen atoms in total. The van der Waals surface area contributed by atoms with Gasteiger partial charge in [-0.15, -0.1) is 0 Å². The van der Waals surface area contributed by atoms with Gasteiger partial charge in [0.2, 0.25) is 0 Å². The molecule has 0 amide bonds. The second-order valence-electron chi connectivity index (χ2n) is 9.23. The van der Waals surface area contributed by atoms with Crippen LogP contribution in [0.5, 0.6) is 0 Å². The van der Waals surface area contributed by atoms with Crippen molar-refractivity contribution in [2.45, 2.75) is 13.8 Å². The molecule has 38 heavy (non-hydrogen) atoms. The van der Waals surface area contributed by atoms with E-state index in [2.05, 4.69) is 20.9 Å². The van der Waals surface area contributed by atoms with E-state index in [9.17, 15) is 9.59 Å². The van der Waals surface area contributed by atoms with Crippen LogP contribution in [0.2, 0.25) is 0 Å². The van der Waals surface area contributed by atoms with Crippen molar-refractivity contribution >= 4 is 49.9 Å². The molecule has 6 rings (SSSR count). The van der Waals surface area contributed by atoms with Crippen molar-refractivity contribution in [3.63, 3.8) is 0 Å². The highest BCUT2D eigenvalue weighted by Gasteiger charge is 2.17. The van der Waals surface area contributed by atoms with Crippen LogP contribution in [-0.4, -0.2) is 19.1 Å². The number of hydrogen-bond donors (Lipinski definition) is 1. The second kappa shape index (κ2) is 9.43. The van der Waals surface area contributed by atoms with Crippen molar-refractivity contribution in [1.29, 1.82) is 0 Å². The fourth-order valence-electron chi connectivity index (χ4n) is 4.70. The van der Waals surface area contributed by atoms with Gasteiger partial charge in [-0.1, -0.05) is 70.5 Å². The van der Waals surface area contributed by atoms with Crippen LogP contribution < -0.4 is 11.2 Å². The highest BCUT2D eigenvalue weighted by Crippen LogP contribution is 2.26. The second-order valence-corrected chi connectivity index (χ2v) is 10.1. The van der Waals surface area contributed by atoms with E-state index in [4.69, 9.17) is 4.98 Å². The van der Waals surface area contributed by atoms with Crippen LogP contribution in [-0.2, 0) is 0 Å². The maximum absolute atomic E-state index is 14.1. The summed E-state index contributed by atoms with van der Waals surface area (Å²) < 4.78 is 4.08. The van der Waals surface area contributed by atoms with E-state index in [0.29, 0.717) is 33.5 Å². The van der Waals surface area contributed by atoms with Gasteiger partial charge in [-0.2, -0.15) is 0 Å². The van der Waals surface area contributed by atoms with Crippen LogP contribution in [0.15, 0.2) is 105 Å². The van der Waals surface area contributed by atoms with Gasteiger partial charge in [-0.05, 0) is 61.4 Å². The smallest absolute Gasteiger partial charge is 0.305 e. The van der Waals surface area contributed by atoms with E-state index in [-0.39, 0.29) is 11.2 Å². The first-order valence-corrected chi connectivity index (χ1v) is 13.0. The van der Waals surface area contributed by atoms with Crippen LogP contribution in [0.1, 0.15) is 16.7 Å². The van der Waals surface area contributed by atoms with Crippen LogP contribution in [0, 0.1) is 13.8 Å². The van der Waals surface area contributed by atoms with Crippen LogP contribution in [0.25, 0.3) is 45.2 Å². The van der Waals surface area contributed by atoms with Gasteiger partial charge in [-0.25, -0.2) is 9.78 Å². The van der Waals surface area contributed by atoms with Crippen molar-refractivity contribution in [1.82, 2.24) is 19.1 Å². The monoisotopic (exact) mass is 562 g/mol. The Morgan fingerprint density at radius 3 is 2.37 bits per heavy atom. The molecule has 186 valence electrons. The minimum atomic E-state index is -0.285. The first kappa shape index (κ1) is 23.9. The zero-order chi connectivity index (χ0) is 26.4. The molecular weight excluding hydrogens is 540 g/mol. The molecule has 0 atom stereocenters. The normalized spacial score (nSPS) is 11.9. The molecule has 0 bridgehead atoms. The molecule has 0 saturated carbocycles. The third-order valence-electron chi connectivity index (χ3n) is 6.75. The average molecular weight is 563 g/mol. The van der Waals surface area contributed by atoms with Crippen molar-refractivity contribution in [3.05, 3.63) is 133 Å². The topological polar surface area (TPSA) is 72.7 Å². The Morgan fingerprint density at radius 2 is 1.58 bits per heavy atom.